The average Bonchev–Trinajstić information content (AvgIpc) is 3.29. The zero-order valence-corrected chi connectivity index (χ0v) is 20.2. The van der Waals surface area contributed by atoms with Crippen LogP contribution in [0.4, 0.5) is 5.13 Å². The quantitative estimate of drug-likeness (QED) is 0.257. The topological polar surface area (TPSA) is 112 Å². The number of aryl methyl sites for hydroxylation is 2. The van der Waals surface area contributed by atoms with Crippen molar-refractivity contribution in [1.29, 1.82) is 0 Å². The Kier molecular flexibility index (Phi) is 8.57. The lowest BCUT2D eigenvalue weighted by Gasteiger charge is -2.14. The molecule has 0 aliphatic carbocycles. The molecule has 172 valence electrons. The standard InChI is InChI=1S/C21H28N6O3S2/c1-4-6-7-8-9-14-23-17-16(19(29)26(3)21(30)27(17)11-5-2)18(24-14)32-13-15(28)25-20-22-10-12-31-20/h10,12H,4-9,11,13H2,1-3H3,(H,22,25,28). The highest BCUT2D eigenvalue weighted by Crippen LogP contribution is 2.24. The third kappa shape index (κ3) is 5.63. The highest BCUT2D eigenvalue weighted by Gasteiger charge is 2.19. The number of nitrogens with one attached hydrogen (secondary N) is 1. The lowest BCUT2D eigenvalue weighted by molar-refractivity contribution is -0.113. The summed E-state index contributed by atoms with van der Waals surface area (Å²) in [6, 6.07) is 0. The second kappa shape index (κ2) is 11.4. The first-order valence-electron chi connectivity index (χ1n) is 10.8. The number of hydrogen-bond donors (Lipinski definition) is 1. The van der Waals surface area contributed by atoms with Crippen molar-refractivity contribution in [3.63, 3.8) is 0 Å². The van der Waals surface area contributed by atoms with E-state index in [2.05, 4.69) is 27.2 Å². The monoisotopic (exact) mass is 476 g/mol. The molecule has 0 unspecified atom stereocenters. The Labute approximate surface area is 194 Å². The van der Waals surface area contributed by atoms with Gasteiger partial charge in [-0.2, -0.15) is 0 Å². The minimum absolute atomic E-state index is 0.0665. The third-order valence-corrected chi connectivity index (χ3v) is 6.58. The van der Waals surface area contributed by atoms with Crippen LogP contribution in [0.2, 0.25) is 0 Å². The normalized spacial score (nSPS) is 11.2. The molecular formula is C21H28N6O3S2. The maximum atomic E-state index is 13.0. The Morgan fingerprint density at radius 1 is 1.16 bits per heavy atom. The molecule has 0 saturated heterocycles. The SMILES string of the molecule is CCCCCCc1nc(SCC(=O)Nc2nccs2)c2c(=O)n(C)c(=O)n(CCC)c2n1. The first kappa shape index (κ1) is 24.1. The number of fused-ring (bicyclic) bond motifs is 1. The molecule has 0 saturated carbocycles. The van der Waals surface area contributed by atoms with Gasteiger partial charge in [-0.3, -0.25) is 18.7 Å². The molecule has 0 spiro atoms. The fraction of sp³-hybridized carbons (Fsp3) is 0.524. The number of rotatable bonds is 11. The van der Waals surface area contributed by atoms with Crippen LogP contribution in [0.15, 0.2) is 26.2 Å². The first-order valence-corrected chi connectivity index (χ1v) is 12.6. The van der Waals surface area contributed by atoms with Crippen LogP contribution in [0.3, 0.4) is 0 Å². The van der Waals surface area contributed by atoms with Gasteiger partial charge in [0.25, 0.3) is 5.56 Å². The van der Waals surface area contributed by atoms with Crippen LogP contribution in [-0.4, -0.2) is 35.7 Å². The number of anilines is 1. The Hall–Kier alpha value is -2.53. The van der Waals surface area contributed by atoms with Gasteiger partial charge in [0, 0.05) is 31.6 Å². The predicted octanol–water partition coefficient (Wildman–Crippen LogP) is 3.21. The van der Waals surface area contributed by atoms with Gasteiger partial charge in [0.2, 0.25) is 5.91 Å². The van der Waals surface area contributed by atoms with E-state index in [9.17, 15) is 14.4 Å². The van der Waals surface area contributed by atoms with Crippen molar-refractivity contribution in [3.8, 4) is 0 Å². The van der Waals surface area contributed by atoms with Crippen LogP contribution in [0.5, 0.6) is 0 Å². The molecule has 3 heterocycles. The van der Waals surface area contributed by atoms with Crippen molar-refractivity contribution in [2.75, 3.05) is 11.1 Å². The van der Waals surface area contributed by atoms with Crippen LogP contribution >= 0.6 is 23.1 Å². The van der Waals surface area contributed by atoms with E-state index in [4.69, 9.17) is 0 Å². The van der Waals surface area contributed by atoms with Crippen LogP contribution in [0, 0.1) is 0 Å². The van der Waals surface area contributed by atoms with E-state index < -0.39 is 11.2 Å². The summed E-state index contributed by atoms with van der Waals surface area (Å²) in [4.78, 5) is 51.4. The highest BCUT2D eigenvalue weighted by molar-refractivity contribution is 8.00. The second-order valence-electron chi connectivity index (χ2n) is 7.43. The number of thiazole rings is 1. The summed E-state index contributed by atoms with van der Waals surface area (Å²) >= 11 is 2.51. The number of carbonyl (C=O) groups is 1. The summed E-state index contributed by atoms with van der Waals surface area (Å²) < 4.78 is 2.62. The molecule has 11 heteroatoms. The van der Waals surface area contributed by atoms with Crippen LogP contribution in [0.25, 0.3) is 11.0 Å². The zero-order chi connectivity index (χ0) is 23.1. The molecule has 0 aliphatic heterocycles. The summed E-state index contributed by atoms with van der Waals surface area (Å²) in [6.07, 6.45) is 7.25. The minimum atomic E-state index is -0.447. The van der Waals surface area contributed by atoms with E-state index >= 15 is 0 Å². The van der Waals surface area contributed by atoms with E-state index in [1.807, 2.05) is 6.92 Å². The van der Waals surface area contributed by atoms with Crippen molar-refractivity contribution < 1.29 is 4.79 Å². The van der Waals surface area contributed by atoms with Gasteiger partial charge in [-0.1, -0.05) is 44.9 Å². The van der Waals surface area contributed by atoms with Gasteiger partial charge in [0.1, 0.15) is 16.2 Å². The van der Waals surface area contributed by atoms with Gasteiger partial charge in [-0.15, -0.1) is 11.3 Å². The molecule has 32 heavy (non-hydrogen) atoms. The van der Waals surface area contributed by atoms with E-state index in [0.29, 0.717) is 34.6 Å². The van der Waals surface area contributed by atoms with E-state index in [1.165, 1.54) is 34.7 Å². The second-order valence-corrected chi connectivity index (χ2v) is 9.29. The van der Waals surface area contributed by atoms with Gasteiger partial charge >= 0.3 is 5.69 Å². The maximum absolute atomic E-state index is 13.0. The van der Waals surface area contributed by atoms with Gasteiger partial charge < -0.3 is 5.32 Å². The lowest BCUT2D eigenvalue weighted by Crippen LogP contribution is -2.39. The number of nitrogens with zero attached hydrogens (tertiary/aromatic N) is 5. The maximum Gasteiger partial charge on any atom is 0.332 e. The molecule has 0 aromatic carbocycles. The smallest absolute Gasteiger partial charge is 0.301 e. The third-order valence-electron chi connectivity index (χ3n) is 4.91. The molecule has 3 aromatic heterocycles. The molecule has 0 aliphatic rings. The van der Waals surface area contributed by atoms with Crippen molar-refractivity contribution in [2.24, 2.45) is 7.05 Å². The minimum Gasteiger partial charge on any atom is -0.301 e. The van der Waals surface area contributed by atoms with Gasteiger partial charge in [-0.05, 0) is 12.8 Å². The summed E-state index contributed by atoms with van der Waals surface area (Å²) in [7, 11) is 1.46. The fourth-order valence-electron chi connectivity index (χ4n) is 3.31. The lowest BCUT2D eigenvalue weighted by atomic mass is 10.1. The number of aromatic nitrogens is 5. The predicted molar refractivity (Wildman–Crippen MR) is 129 cm³/mol. The van der Waals surface area contributed by atoms with E-state index in [-0.39, 0.29) is 17.0 Å². The largest absolute Gasteiger partial charge is 0.332 e. The van der Waals surface area contributed by atoms with E-state index in [0.717, 1.165) is 36.7 Å². The van der Waals surface area contributed by atoms with Crippen molar-refractivity contribution in [3.05, 3.63) is 38.2 Å². The number of unbranched alkanes of at least 4 members (excludes halogenated alkanes) is 3. The fourth-order valence-corrected chi connectivity index (χ4v) is 4.68. The Morgan fingerprint density at radius 3 is 2.66 bits per heavy atom. The highest BCUT2D eigenvalue weighted by atomic mass is 32.2. The molecule has 0 radical (unpaired) electrons. The molecular weight excluding hydrogens is 448 g/mol. The van der Waals surface area contributed by atoms with Crippen LogP contribution in [-0.2, 0) is 24.8 Å². The van der Waals surface area contributed by atoms with Gasteiger partial charge in [-0.25, -0.2) is 19.7 Å². The summed E-state index contributed by atoms with van der Waals surface area (Å²) in [5.74, 6) is 0.422. The van der Waals surface area contributed by atoms with Gasteiger partial charge in [0.05, 0.1) is 5.75 Å². The summed E-state index contributed by atoms with van der Waals surface area (Å²) in [5, 5.41) is 5.75. The Bertz CT molecular complexity index is 1190. The molecule has 3 aromatic rings. The van der Waals surface area contributed by atoms with Crippen LogP contribution < -0.4 is 16.6 Å². The van der Waals surface area contributed by atoms with Gasteiger partial charge in [0.15, 0.2) is 10.8 Å². The number of hydrogen-bond acceptors (Lipinski definition) is 8. The molecule has 0 fully saturated rings. The summed E-state index contributed by atoms with van der Waals surface area (Å²) in [6.45, 7) is 4.57. The first-order chi connectivity index (χ1) is 15.5. The van der Waals surface area contributed by atoms with Crippen molar-refractivity contribution in [1.82, 2.24) is 24.1 Å². The van der Waals surface area contributed by atoms with Crippen molar-refractivity contribution >= 4 is 45.2 Å². The molecule has 0 atom stereocenters. The molecule has 3 rings (SSSR count). The molecule has 1 N–H and O–H groups in total. The van der Waals surface area contributed by atoms with Crippen molar-refractivity contribution in [2.45, 2.75) is 63.9 Å². The summed E-state index contributed by atoms with van der Waals surface area (Å²) in [5.41, 5.74) is -0.488. The molecule has 9 nitrogen and oxygen atoms in total. The average molecular weight is 477 g/mol. The van der Waals surface area contributed by atoms with E-state index in [1.54, 1.807) is 11.6 Å². The van der Waals surface area contributed by atoms with Crippen LogP contribution in [0.1, 0.15) is 51.8 Å². The number of amides is 1. The number of thioether (sulfide) groups is 1. The Morgan fingerprint density at radius 2 is 1.97 bits per heavy atom. The molecule has 1 amide bonds. The Balaban J connectivity index is 2.00. The number of carbonyl (C=O) groups excluding carboxylic acids is 1. The zero-order valence-electron chi connectivity index (χ0n) is 18.6. The molecule has 0 bridgehead atoms.